The third kappa shape index (κ3) is 2.92. The van der Waals surface area contributed by atoms with Crippen LogP contribution < -0.4 is 20.5 Å². The van der Waals surface area contributed by atoms with Gasteiger partial charge in [-0.05, 0) is 44.1 Å². The summed E-state index contributed by atoms with van der Waals surface area (Å²) in [6, 6.07) is 6.32. The smallest absolute Gasteiger partial charge is 0.235 e. The highest BCUT2D eigenvalue weighted by atomic mass is 32.2. The molecule has 1 aliphatic carbocycles. The number of methoxy groups -OCH3 is 2. The summed E-state index contributed by atoms with van der Waals surface area (Å²) < 4.78 is 11.0. The van der Waals surface area contributed by atoms with Gasteiger partial charge >= 0.3 is 0 Å². The van der Waals surface area contributed by atoms with Gasteiger partial charge in [-0.1, -0.05) is 18.2 Å². The second kappa shape index (κ2) is 6.72. The molecule has 4 rings (SSSR count). The number of carbonyl (C=O) groups is 1. The molecule has 1 spiro atoms. The molecule has 0 aromatic heterocycles. The molecule has 1 aromatic carbocycles. The molecule has 146 valence electrons. The van der Waals surface area contributed by atoms with Gasteiger partial charge < -0.3 is 20.1 Å². The van der Waals surface area contributed by atoms with Crippen molar-refractivity contribution >= 4 is 17.7 Å². The molecule has 0 bridgehead atoms. The molecule has 2 saturated heterocycles. The Morgan fingerprint density at radius 1 is 1.30 bits per heavy atom. The number of nitrogens with one attached hydrogen (secondary N) is 1. The van der Waals surface area contributed by atoms with E-state index in [2.05, 4.69) is 41.5 Å². The normalized spacial score (nSPS) is 35.4. The first-order valence-electron chi connectivity index (χ1n) is 9.27. The van der Waals surface area contributed by atoms with Crippen molar-refractivity contribution in [2.24, 2.45) is 5.73 Å². The molecule has 3 N–H and O–H groups in total. The summed E-state index contributed by atoms with van der Waals surface area (Å²) in [5.74, 6) is 1.95. The number of fused-ring (bicyclic) bond motifs is 1. The minimum Gasteiger partial charge on any atom is -0.493 e. The van der Waals surface area contributed by atoms with Crippen LogP contribution in [-0.4, -0.2) is 61.3 Å². The van der Waals surface area contributed by atoms with Crippen LogP contribution in [0.2, 0.25) is 0 Å². The van der Waals surface area contributed by atoms with E-state index in [1.165, 1.54) is 5.56 Å². The summed E-state index contributed by atoms with van der Waals surface area (Å²) in [5.41, 5.74) is 6.71. The van der Waals surface area contributed by atoms with Crippen LogP contribution in [-0.2, 0) is 10.2 Å². The molecule has 0 saturated carbocycles. The monoisotopic (exact) mass is 389 g/mol. The first-order valence-corrected chi connectivity index (χ1v) is 10.3. The van der Waals surface area contributed by atoms with E-state index in [-0.39, 0.29) is 22.2 Å². The minimum atomic E-state index is -0.274. The number of hydrogen-bond donors (Lipinski definition) is 2. The van der Waals surface area contributed by atoms with Crippen molar-refractivity contribution in [3.63, 3.8) is 0 Å². The van der Waals surface area contributed by atoms with Crippen LogP contribution in [0.15, 0.2) is 30.4 Å². The SMILES string of the molecule is COc1ccc([C@@]23C=CC4(C[C@@H]2N(C)CC3)NC(C(N)=O)CS4)cc1OC. The van der Waals surface area contributed by atoms with Crippen LogP contribution in [0.25, 0.3) is 0 Å². The number of primary amides is 1. The average Bonchev–Trinajstić information content (AvgIpc) is 3.24. The molecule has 2 heterocycles. The Labute approximate surface area is 164 Å². The van der Waals surface area contributed by atoms with Crippen molar-refractivity contribution in [3.8, 4) is 11.5 Å². The Morgan fingerprint density at radius 2 is 2.07 bits per heavy atom. The van der Waals surface area contributed by atoms with Crippen molar-refractivity contribution in [1.82, 2.24) is 10.2 Å². The fraction of sp³-hybridized carbons (Fsp3) is 0.550. The number of amides is 1. The first kappa shape index (κ1) is 18.7. The number of hydrogen-bond acceptors (Lipinski definition) is 6. The molecule has 27 heavy (non-hydrogen) atoms. The van der Waals surface area contributed by atoms with Crippen LogP contribution in [0.5, 0.6) is 11.5 Å². The van der Waals surface area contributed by atoms with Gasteiger partial charge in [0.25, 0.3) is 0 Å². The summed E-state index contributed by atoms with van der Waals surface area (Å²) in [6.45, 7) is 1.03. The van der Waals surface area contributed by atoms with Crippen molar-refractivity contribution in [2.45, 2.75) is 35.2 Å². The van der Waals surface area contributed by atoms with E-state index in [9.17, 15) is 4.79 Å². The molecular weight excluding hydrogens is 362 g/mol. The molecule has 6 nitrogen and oxygen atoms in total. The second-order valence-corrected chi connectivity index (χ2v) is 9.04. The number of likely N-dealkylation sites (tertiary alicyclic amines) is 1. The Hall–Kier alpha value is -1.70. The summed E-state index contributed by atoms with van der Waals surface area (Å²) in [5, 5.41) is 3.48. The van der Waals surface area contributed by atoms with Crippen molar-refractivity contribution in [3.05, 3.63) is 35.9 Å². The standard InChI is InChI=1S/C20H27N3O3S/c1-23-9-8-19(13-4-5-15(25-2)16(10-13)26-3)6-7-20(11-17(19)23)22-14(12-27-20)18(21)24/h4-7,10,14,17,22H,8-9,11-12H2,1-3H3,(H2,21,24)/t14?,17-,19-,20?/m0/s1. The highest BCUT2D eigenvalue weighted by Gasteiger charge is 2.54. The lowest BCUT2D eigenvalue weighted by atomic mass is 9.68. The number of benzene rings is 1. The second-order valence-electron chi connectivity index (χ2n) is 7.69. The number of rotatable bonds is 4. The average molecular weight is 390 g/mol. The van der Waals surface area contributed by atoms with Crippen molar-refractivity contribution in [1.29, 1.82) is 0 Å². The van der Waals surface area contributed by atoms with Crippen LogP contribution in [0.3, 0.4) is 0 Å². The summed E-state index contributed by atoms with van der Waals surface area (Å²) in [7, 11) is 5.52. The predicted octanol–water partition coefficient (Wildman–Crippen LogP) is 1.49. The van der Waals surface area contributed by atoms with E-state index in [1.54, 1.807) is 26.0 Å². The Morgan fingerprint density at radius 3 is 2.74 bits per heavy atom. The molecule has 1 amide bonds. The zero-order chi connectivity index (χ0) is 19.2. The maximum absolute atomic E-state index is 11.6. The third-order valence-electron chi connectivity index (χ3n) is 6.34. The number of ether oxygens (including phenoxy) is 2. The van der Waals surface area contributed by atoms with Crippen molar-refractivity contribution in [2.75, 3.05) is 33.6 Å². The first-order chi connectivity index (χ1) is 12.9. The molecular formula is C20H27N3O3S. The van der Waals surface area contributed by atoms with Gasteiger partial charge in [0.05, 0.1) is 25.1 Å². The number of carbonyl (C=O) groups excluding carboxylic acids is 1. The number of nitrogens with two attached hydrogens (primary N) is 1. The summed E-state index contributed by atoms with van der Waals surface area (Å²) >= 11 is 1.79. The lowest BCUT2D eigenvalue weighted by Crippen LogP contribution is -2.54. The maximum Gasteiger partial charge on any atom is 0.235 e. The molecule has 2 unspecified atom stereocenters. The summed E-state index contributed by atoms with van der Waals surface area (Å²) in [6.07, 6.45) is 6.59. The van der Waals surface area contributed by atoms with Gasteiger partial charge in [0, 0.05) is 17.2 Å². The van der Waals surface area contributed by atoms with Gasteiger partial charge in [0.1, 0.15) is 0 Å². The van der Waals surface area contributed by atoms with Crippen molar-refractivity contribution < 1.29 is 14.3 Å². The molecule has 0 radical (unpaired) electrons. The van der Waals surface area contributed by atoms with Gasteiger partial charge in [-0.15, -0.1) is 11.8 Å². The van der Waals surface area contributed by atoms with E-state index in [0.717, 1.165) is 36.6 Å². The molecule has 3 aliphatic rings. The van der Waals surface area contributed by atoms with Gasteiger partial charge in [-0.2, -0.15) is 0 Å². The van der Waals surface area contributed by atoms with Gasteiger partial charge in [0.15, 0.2) is 11.5 Å². The van der Waals surface area contributed by atoms with E-state index >= 15 is 0 Å². The van der Waals surface area contributed by atoms with Crippen LogP contribution in [0, 0.1) is 0 Å². The Kier molecular flexibility index (Phi) is 4.64. The van der Waals surface area contributed by atoms with Gasteiger partial charge in [0.2, 0.25) is 5.91 Å². The number of likely N-dealkylation sites (N-methyl/N-ethyl adjacent to an activating group) is 1. The zero-order valence-corrected chi connectivity index (χ0v) is 16.8. The lowest BCUT2D eigenvalue weighted by Gasteiger charge is -2.44. The molecule has 7 heteroatoms. The predicted molar refractivity (Wildman–Crippen MR) is 107 cm³/mol. The topological polar surface area (TPSA) is 76.8 Å². The largest absolute Gasteiger partial charge is 0.493 e. The molecule has 1 aromatic rings. The third-order valence-corrected chi connectivity index (χ3v) is 7.78. The number of nitrogens with zero attached hydrogens (tertiary/aromatic N) is 1. The minimum absolute atomic E-state index is 0.0629. The highest BCUT2D eigenvalue weighted by Crippen LogP contribution is 2.52. The lowest BCUT2D eigenvalue weighted by molar-refractivity contribution is -0.119. The van der Waals surface area contributed by atoms with Crippen LogP contribution >= 0.6 is 11.8 Å². The Balaban J connectivity index is 1.72. The van der Waals surface area contributed by atoms with E-state index in [0.29, 0.717) is 6.04 Å². The Bertz CT molecular complexity index is 786. The van der Waals surface area contributed by atoms with E-state index < -0.39 is 0 Å². The van der Waals surface area contributed by atoms with Crippen LogP contribution in [0.1, 0.15) is 18.4 Å². The summed E-state index contributed by atoms with van der Waals surface area (Å²) in [4.78, 5) is 13.8. The molecule has 2 fully saturated rings. The fourth-order valence-electron chi connectivity index (χ4n) is 4.78. The van der Waals surface area contributed by atoms with E-state index in [1.807, 2.05) is 6.07 Å². The molecule has 4 atom stereocenters. The molecule has 2 aliphatic heterocycles. The van der Waals surface area contributed by atoms with Gasteiger partial charge in [-0.25, -0.2) is 0 Å². The highest BCUT2D eigenvalue weighted by molar-refractivity contribution is 8.01. The quantitative estimate of drug-likeness (QED) is 0.760. The maximum atomic E-state index is 11.6. The zero-order valence-electron chi connectivity index (χ0n) is 16.0. The fourth-order valence-corrected chi connectivity index (χ4v) is 6.16. The van der Waals surface area contributed by atoms with Crippen LogP contribution in [0.4, 0.5) is 0 Å². The van der Waals surface area contributed by atoms with Gasteiger partial charge in [-0.3, -0.25) is 10.1 Å². The van der Waals surface area contributed by atoms with E-state index in [4.69, 9.17) is 15.2 Å². The number of thioether (sulfide) groups is 1.